The van der Waals surface area contributed by atoms with Gasteiger partial charge in [-0.3, -0.25) is 0 Å². The van der Waals surface area contributed by atoms with Gasteiger partial charge in [0, 0.05) is 23.2 Å². The minimum atomic E-state index is -0.108. The number of hydrogen-bond donors (Lipinski definition) is 1. The lowest BCUT2D eigenvalue weighted by molar-refractivity contribution is 0.290. The molecule has 2 aromatic rings. The Bertz CT molecular complexity index is 596. The normalized spacial score (nSPS) is 11.8. The van der Waals surface area contributed by atoms with E-state index in [0.29, 0.717) is 6.61 Å². The van der Waals surface area contributed by atoms with Gasteiger partial charge >= 0.3 is 0 Å². The van der Waals surface area contributed by atoms with Crippen molar-refractivity contribution in [2.75, 3.05) is 14.2 Å². The van der Waals surface area contributed by atoms with E-state index in [1.54, 1.807) is 14.2 Å². The van der Waals surface area contributed by atoms with E-state index < -0.39 is 0 Å². The molecule has 2 aromatic carbocycles. The topological polar surface area (TPSA) is 53.7 Å². The predicted octanol–water partition coefficient (Wildman–Crippen LogP) is 3.30. The maximum atomic E-state index is 5.99. The Kier molecular flexibility index (Phi) is 5.06. The molecule has 4 nitrogen and oxygen atoms in total. The largest absolute Gasteiger partial charge is 0.497 e. The van der Waals surface area contributed by atoms with E-state index in [9.17, 15) is 0 Å². The van der Waals surface area contributed by atoms with Crippen molar-refractivity contribution in [3.63, 3.8) is 0 Å². The maximum Gasteiger partial charge on any atom is 0.128 e. The van der Waals surface area contributed by atoms with Gasteiger partial charge in [0.25, 0.3) is 0 Å². The standard InChI is InChI=1S/C17H21NO3/c1-12(18)15-9-8-14(19-2)10-17(15)21-11-13-6-4-5-7-16(13)20-3/h4-10,12H,11,18H2,1-3H3. The molecule has 0 aromatic heterocycles. The Morgan fingerprint density at radius 3 is 2.43 bits per heavy atom. The summed E-state index contributed by atoms with van der Waals surface area (Å²) in [7, 11) is 3.28. The second kappa shape index (κ2) is 6.99. The lowest BCUT2D eigenvalue weighted by Gasteiger charge is -2.16. The van der Waals surface area contributed by atoms with Gasteiger partial charge in [0.15, 0.2) is 0 Å². The van der Waals surface area contributed by atoms with Crippen molar-refractivity contribution in [2.45, 2.75) is 19.6 Å². The fourth-order valence-electron chi connectivity index (χ4n) is 2.12. The van der Waals surface area contributed by atoms with E-state index in [0.717, 1.165) is 28.4 Å². The van der Waals surface area contributed by atoms with Crippen molar-refractivity contribution < 1.29 is 14.2 Å². The molecule has 21 heavy (non-hydrogen) atoms. The van der Waals surface area contributed by atoms with Gasteiger partial charge < -0.3 is 19.9 Å². The van der Waals surface area contributed by atoms with E-state index in [2.05, 4.69) is 0 Å². The van der Waals surface area contributed by atoms with Crippen LogP contribution in [0.1, 0.15) is 24.1 Å². The van der Waals surface area contributed by atoms with E-state index >= 15 is 0 Å². The number of methoxy groups -OCH3 is 2. The molecule has 0 bridgehead atoms. The first-order valence-corrected chi connectivity index (χ1v) is 6.84. The molecule has 2 rings (SSSR count). The van der Waals surface area contributed by atoms with Crippen LogP contribution in [0.15, 0.2) is 42.5 Å². The average molecular weight is 287 g/mol. The molecule has 0 fully saturated rings. The third-order valence-electron chi connectivity index (χ3n) is 3.29. The highest BCUT2D eigenvalue weighted by Crippen LogP contribution is 2.30. The third-order valence-corrected chi connectivity index (χ3v) is 3.29. The molecule has 2 N–H and O–H groups in total. The molecule has 0 saturated heterocycles. The van der Waals surface area contributed by atoms with E-state index in [1.807, 2.05) is 49.4 Å². The van der Waals surface area contributed by atoms with Gasteiger partial charge in [-0.05, 0) is 19.1 Å². The average Bonchev–Trinajstić information content (AvgIpc) is 2.52. The molecule has 0 amide bonds. The Morgan fingerprint density at radius 2 is 1.76 bits per heavy atom. The molecule has 0 radical (unpaired) electrons. The highest BCUT2D eigenvalue weighted by atomic mass is 16.5. The molecular formula is C17H21NO3. The van der Waals surface area contributed by atoms with Crippen molar-refractivity contribution >= 4 is 0 Å². The van der Waals surface area contributed by atoms with Crippen LogP contribution in [0, 0.1) is 0 Å². The van der Waals surface area contributed by atoms with Gasteiger partial charge in [-0.25, -0.2) is 0 Å². The number of ether oxygens (including phenoxy) is 3. The molecule has 4 heteroatoms. The quantitative estimate of drug-likeness (QED) is 0.885. The number of rotatable bonds is 6. The summed E-state index contributed by atoms with van der Waals surface area (Å²) in [4.78, 5) is 0. The number of nitrogens with two attached hydrogens (primary N) is 1. The Morgan fingerprint density at radius 1 is 1.00 bits per heavy atom. The van der Waals surface area contributed by atoms with Crippen LogP contribution in [0.4, 0.5) is 0 Å². The Balaban J connectivity index is 2.22. The number of hydrogen-bond acceptors (Lipinski definition) is 4. The van der Waals surface area contributed by atoms with Gasteiger partial charge in [0.05, 0.1) is 14.2 Å². The molecule has 0 saturated carbocycles. The summed E-state index contributed by atoms with van der Waals surface area (Å²) in [6.45, 7) is 2.34. The lowest BCUT2D eigenvalue weighted by atomic mass is 10.1. The highest BCUT2D eigenvalue weighted by Gasteiger charge is 2.11. The SMILES string of the molecule is COc1ccc(C(C)N)c(OCc2ccccc2OC)c1. The summed E-state index contributed by atoms with van der Waals surface area (Å²) in [6.07, 6.45) is 0. The molecule has 0 spiro atoms. The summed E-state index contributed by atoms with van der Waals surface area (Å²) >= 11 is 0. The number of para-hydroxylation sites is 1. The molecule has 0 aliphatic rings. The van der Waals surface area contributed by atoms with E-state index in [1.165, 1.54) is 0 Å². The third kappa shape index (κ3) is 3.67. The molecule has 0 aliphatic carbocycles. The summed E-state index contributed by atoms with van der Waals surface area (Å²) < 4.78 is 16.5. The zero-order valence-corrected chi connectivity index (χ0v) is 12.6. The summed E-state index contributed by atoms with van der Waals surface area (Å²) in [5.74, 6) is 2.28. The van der Waals surface area contributed by atoms with Crippen LogP contribution in [0.5, 0.6) is 17.2 Å². The Hall–Kier alpha value is -2.20. The first-order valence-electron chi connectivity index (χ1n) is 6.84. The smallest absolute Gasteiger partial charge is 0.128 e. The fourth-order valence-corrected chi connectivity index (χ4v) is 2.12. The second-order valence-corrected chi connectivity index (χ2v) is 4.79. The Labute approximate surface area is 125 Å². The summed E-state index contributed by atoms with van der Waals surface area (Å²) in [5, 5.41) is 0. The molecule has 1 atom stereocenters. The van der Waals surface area contributed by atoms with Crippen molar-refractivity contribution in [1.82, 2.24) is 0 Å². The minimum Gasteiger partial charge on any atom is -0.497 e. The van der Waals surface area contributed by atoms with Gasteiger partial charge in [-0.15, -0.1) is 0 Å². The van der Waals surface area contributed by atoms with E-state index in [-0.39, 0.29) is 6.04 Å². The van der Waals surface area contributed by atoms with Crippen LogP contribution in [0.25, 0.3) is 0 Å². The van der Waals surface area contributed by atoms with Gasteiger partial charge in [-0.1, -0.05) is 24.3 Å². The predicted molar refractivity (Wildman–Crippen MR) is 82.9 cm³/mol. The van der Waals surface area contributed by atoms with E-state index in [4.69, 9.17) is 19.9 Å². The first-order chi connectivity index (χ1) is 10.2. The second-order valence-electron chi connectivity index (χ2n) is 4.79. The summed E-state index contributed by atoms with van der Waals surface area (Å²) in [6, 6.07) is 13.3. The zero-order chi connectivity index (χ0) is 15.2. The van der Waals surface area contributed by atoms with Crippen molar-refractivity contribution in [2.24, 2.45) is 5.73 Å². The van der Waals surface area contributed by atoms with Crippen LogP contribution in [0.2, 0.25) is 0 Å². The molecular weight excluding hydrogens is 266 g/mol. The zero-order valence-electron chi connectivity index (χ0n) is 12.6. The van der Waals surface area contributed by atoms with Crippen molar-refractivity contribution in [3.8, 4) is 17.2 Å². The van der Waals surface area contributed by atoms with Crippen molar-refractivity contribution in [3.05, 3.63) is 53.6 Å². The van der Waals surface area contributed by atoms with Gasteiger partial charge in [-0.2, -0.15) is 0 Å². The maximum absolute atomic E-state index is 5.99. The van der Waals surface area contributed by atoms with Crippen LogP contribution in [-0.4, -0.2) is 14.2 Å². The van der Waals surface area contributed by atoms with Crippen LogP contribution in [-0.2, 0) is 6.61 Å². The molecule has 0 heterocycles. The lowest BCUT2D eigenvalue weighted by Crippen LogP contribution is -2.08. The van der Waals surface area contributed by atoms with Crippen molar-refractivity contribution in [1.29, 1.82) is 0 Å². The summed E-state index contributed by atoms with van der Waals surface area (Å²) in [5.41, 5.74) is 7.92. The van der Waals surface area contributed by atoms with Crippen LogP contribution < -0.4 is 19.9 Å². The number of benzene rings is 2. The fraction of sp³-hybridized carbons (Fsp3) is 0.294. The first kappa shape index (κ1) is 15.2. The minimum absolute atomic E-state index is 0.108. The van der Waals surface area contributed by atoms with Gasteiger partial charge in [0.2, 0.25) is 0 Å². The van der Waals surface area contributed by atoms with Crippen LogP contribution in [0.3, 0.4) is 0 Å². The van der Waals surface area contributed by atoms with Crippen LogP contribution >= 0.6 is 0 Å². The molecule has 112 valence electrons. The highest BCUT2D eigenvalue weighted by molar-refractivity contribution is 5.42. The van der Waals surface area contributed by atoms with Gasteiger partial charge in [0.1, 0.15) is 23.9 Å². The molecule has 0 aliphatic heterocycles. The molecule has 1 unspecified atom stereocenters. The monoisotopic (exact) mass is 287 g/mol.